The van der Waals surface area contributed by atoms with E-state index < -0.39 is 59.4 Å². The van der Waals surface area contributed by atoms with E-state index in [4.69, 9.17) is 0 Å². The van der Waals surface area contributed by atoms with Crippen LogP contribution in [0.4, 0.5) is 26.3 Å². The van der Waals surface area contributed by atoms with Gasteiger partial charge in [0.05, 0.1) is 29.2 Å². The number of pyridine rings is 2. The zero-order chi connectivity index (χ0) is 25.0. The van der Waals surface area contributed by atoms with Gasteiger partial charge in [0.2, 0.25) is 0 Å². The number of nitrogens with zero attached hydrogens (tertiary/aromatic N) is 4. The van der Waals surface area contributed by atoms with Crippen LogP contribution >= 0.6 is 0 Å². The Kier molecular flexibility index (Phi) is 5.85. The highest BCUT2D eigenvalue weighted by atomic mass is 32.2. The van der Waals surface area contributed by atoms with Crippen molar-refractivity contribution in [3.8, 4) is 17.3 Å². The first-order chi connectivity index (χ1) is 15.0. The van der Waals surface area contributed by atoms with Crippen LogP contribution in [0.25, 0.3) is 22.6 Å². The summed E-state index contributed by atoms with van der Waals surface area (Å²) < 4.78 is 129. The van der Waals surface area contributed by atoms with Crippen LogP contribution in [-0.4, -0.2) is 47.6 Å². The van der Waals surface area contributed by atoms with Gasteiger partial charge >= 0.3 is 21.8 Å². The van der Waals surface area contributed by atoms with Gasteiger partial charge < -0.3 is 8.75 Å². The quantitative estimate of drug-likeness (QED) is 0.287. The molecular formula is C16H12F6N4O5S2. The van der Waals surface area contributed by atoms with E-state index in [0.29, 0.717) is 18.3 Å². The summed E-state index contributed by atoms with van der Waals surface area (Å²) in [7, 11) is -9.04. The average molecular weight is 518 g/mol. The molecule has 3 rings (SSSR count). The van der Waals surface area contributed by atoms with Crippen LogP contribution < -0.4 is 4.18 Å². The summed E-state index contributed by atoms with van der Waals surface area (Å²) in [6.07, 6.45) is -3.40. The van der Waals surface area contributed by atoms with Gasteiger partial charge in [0, 0.05) is 13.1 Å². The molecule has 0 amide bonds. The lowest BCUT2D eigenvalue weighted by molar-refractivity contribution is -0.141. The van der Waals surface area contributed by atoms with Gasteiger partial charge in [-0.25, -0.2) is 23.4 Å². The number of aryl methyl sites for hydroxylation is 1. The molecule has 0 bridgehead atoms. The lowest BCUT2D eigenvalue weighted by Crippen LogP contribution is -2.28. The third kappa shape index (κ3) is 4.59. The van der Waals surface area contributed by atoms with Crippen molar-refractivity contribution in [2.24, 2.45) is 7.05 Å². The highest BCUT2D eigenvalue weighted by Crippen LogP contribution is 2.34. The second kappa shape index (κ2) is 7.82. The van der Waals surface area contributed by atoms with Crippen molar-refractivity contribution < 1.29 is 47.4 Å². The lowest BCUT2D eigenvalue weighted by atomic mass is 10.3. The molecule has 0 unspecified atom stereocenters. The second-order valence-corrected chi connectivity index (χ2v) is 10.2. The van der Waals surface area contributed by atoms with Gasteiger partial charge in [-0.15, -0.1) is 0 Å². The molecule has 0 N–H and O–H groups in total. The highest BCUT2D eigenvalue weighted by Gasteiger charge is 2.48. The Balaban J connectivity index is 2.23. The molecule has 17 heteroatoms. The summed E-state index contributed by atoms with van der Waals surface area (Å²) in [5.74, 6) is -1.87. The Morgan fingerprint density at radius 1 is 1.00 bits per heavy atom. The van der Waals surface area contributed by atoms with Crippen LogP contribution in [-0.2, 0) is 33.2 Å². The molecule has 0 spiro atoms. The van der Waals surface area contributed by atoms with Crippen LogP contribution in [0.1, 0.15) is 12.6 Å². The number of halogens is 6. The summed E-state index contributed by atoms with van der Waals surface area (Å²) in [4.78, 5) is 10.2. The molecule has 0 saturated heterocycles. The first kappa shape index (κ1) is 24.7. The van der Waals surface area contributed by atoms with E-state index in [2.05, 4.69) is 19.1 Å². The van der Waals surface area contributed by atoms with Gasteiger partial charge in [0.1, 0.15) is 16.3 Å². The maximum Gasteiger partial charge on any atom is 0.534 e. The standard InChI is InChI=1S/C16H12F6N4O5S2/c1-3-32(27,28)11-4-8(31-33(29,30)16(20,21)22)6-24-13(11)14-25-9-5-12(15(17,18)19)23-7-10(9)26(14)2/h4-7H,3H2,1-2H3. The fourth-order valence-corrected chi connectivity index (χ4v) is 4.15. The van der Waals surface area contributed by atoms with Crippen molar-refractivity contribution in [1.29, 1.82) is 0 Å². The first-order valence-corrected chi connectivity index (χ1v) is 11.7. The Bertz CT molecular complexity index is 1450. The number of alkyl halides is 6. The van der Waals surface area contributed by atoms with Gasteiger partial charge in [-0.2, -0.15) is 34.8 Å². The molecule has 0 aliphatic carbocycles. The van der Waals surface area contributed by atoms with E-state index in [-0.39, 0.29) is 16.9 Å². The van der Waals surface area contributed by atoms with Crippen molar-refractivity contribution in [3.63, 3.8) is 0 Å². The number of imidazole rings is 1. The van der Waals surface area contributed by atoms with Crippen molar-refractivity contribution in [3.05, 3.63) is 30.2 Å². The second-order valence-electron chi connectivity index (χ2n) is 6.45. The Morgan fingerprint density at radius 3 is 2.18 bits per heavy atom. The van der Waals surface area contributed by atoms with E-state index in [9.17, 15) is 43.2 Å². The van der Waals surface area contributed by atoms with Crippen molar-refractivity contribution in [1.82, 2.24) is 19.5 Å². The predicted octanol–water partition coefficient (Wildman–Crippen LogP) is 3.07. The number of sulfone groups is 1. The van der Waals surface area contributed by atoms with Gasteiger partial charge in [0.15, 0.2) is 21.4 Å². The summed E-state index contributed by atoms with van der Waals surface area (Å²) in [5.41, 5.74) is -7.62. The molecule has 0 aliphatic heterocycles. The number of fused-ring (bicyclic) bond motifs is 1. The van der Waals surface area contributed by atoms with Gasteiger partial charge in [-0.3, -0.25) is 0 Å². The molecule has 33 heavy (non-hydrogen) atoms. The maximum atomic E-state index is 12.9. The van der Waals surface area contributed by atoms with E-state index in [1.54, 1.807) is 0 Å². The van der Waals surface area contributed by atoms with E-state index in [0.717, 1.165) is 6.20 Å². The fourth-order valence-electron chi connectivity index (χ4n) is 2.66. The molecule has 3 aromatic heterocycles. The minimum absolute atomic E-state index is 0.0691. The molecule has 9 nitrogen and oxygen atoms in total. The molecule has 3 heterocycles. The van der Waals surface area contributed by atoms with Crippen molar-refractivity contribution in [2.75, 3.05) is 5.75 Å². The normalized spacial score (nSPS) is 13.5. The fraction of sp³-hybridized carbons (Fsp3) is 0.312. The average Bonchev–Trinajstić information content (AvgIpc) is 3.02. The Hall–Kier alpha value is -2.95. The zero-order valence-corrected chi connectivity index (χ0v) is 18.1. The third-order valence-electron chi connectivity index (χ3n) is 4.30. The van der Waals surface area contributed by atoms with E-state index >= 15 is 0 Å². The predicted molar refractivity (Wildman–Crippen MR) is 100 cm³/mol. The molecule has 0 fully saturated rings. The summed E-state index contributed by atoms with van der Waals surface area (Å²) in [6.45, 7) is 1.20. The van der Waals surface area contributed by atoms with Crippen LogP contribution in [0.5, 0.6) is 5.75 Å². The van der Waals surface area contributed by atoms with E-state index in [1.165, 1.54) is 18.5 Å². The van der Waals surface area contributed by atoms with Crippen LogP contribution in [0.2, 0.25) is 0 Å². The Morgan fingerprint density at radius 2 is 1.64 bits per heavy atom. The monoisotopic (exact) mass is 518 g/mol. The molecular weight excluding hydrogens is 506 g/mol. The van der Waals surface area contributed by atoms with Crippen molar-refractivity contribution >= 4 is 31.0 Å². The molecule has 0 aliphatic rings. The van der Waals surface area contributed by atoms with Gasteiger partial charge in [0.25, 0.3) is 0 Å². The first-order valence-electron chi connectivity index (χ1n) is 8.61. The summed E-state index contributed by atoms with van der Waals surface area (Å²) in [5, 5.41) is 0. The van der Waals surface area contributed by atoms with Gasteiger partial charge in [-0.05, 0) is 6.07 Å². The number of hydrogen-bond acceptors (Lipinski definition) is 8. The number of rotatable bonds is 5. The number of hydrogen-bond donors (Lipinski definition) is 0. The molecule has 0 saturated carbocycles. The topological polar surface area (TPSA) is 121 Å². The largest absolute Gasteiger partial charge is 0.534 e. The Labute approximate surface area is 182 Å². The SMILES string of the molecule is CCS(=O)(=O)c1cc(OS(=O)(=O)C(F)(F)F)cnc1-c1nc2cc(C(F)(F)F)ncc2n1C. The smallest absolute Gasteiger partial charge is 0.374 e. The van der Waals surface area contributed by atoms with Crippen LogP contribution in [0, 0.1) is 0 Å². The summed E-state index contributed by atoms with van der Waals surface area (Å²) >= 11 is 0. The summed E-state index contributed by atoms with van der Waals surface area (Å²) in [6, 6.07) is 1.14. The zero-order valence-electron chi connectivity index (χ0n) is 16.4. The van der Waals surface area contributed by atoms with Crippen LogP contribution in [0.15, 0.2) is 29.4 Å². The molecule has 3 aromatic rings. The van der Waals surface area contributed by atoms with Gasteiger partial charge in [-0.1, -0.05) is 6.92 Å². The minimum Gasteiger partial charge on any atom is -0.374 e. The highest BCUT2D eigenvalue weighted by molar-refractivity contribution is 7.91. The number of aromatic nitrogens is 4. The van der Waals surface area contributed by atoms with Crippen LogP contribution in [0.3, 0.4) is 0 Å². The molecule has 180 valence electrons. The molecule has 0 atom stereocenters. The third-order valence-corrected chi connectivity index (χ3v) is 7.02. The molecule has 0 aromatic carbocycles. The maximum absolute atomic E-state index is 12.9. The lowest BCUT2D eigenvalue weighted by Gasteiger charge is -2.12. The van der Waals surface area contributed by atoms with Crippen molar-refractivity contribution in [2.45, 2.75) is 23.5 Å². The minimum atomic E-state index is -6.12. The molecule has 0 radical (unpaired) electrons. The van der Waals surface area contributed by atoms with E-state index in [1.807, 2.05) is 0 Å².